The normalized spacial score (nSPS) is 14.0. The van der Waals surface area contributed by atoms with Gasteiger partial charge in [0.15, 0.2) is 0 Å². The van der Waals surface area contributed by atoms with E-state index in [-0.39, 0.29) is 0 Å². The van der Waals surface area contributed by atoms with Crippen molar-refractivity contribution in [1.82, 2.24) is 0 Å². The largest absolute Gasteiger partial charge is 0.384 e. The van der Waals surface area contributed by atoms with Crippen molar-refractivity contribution < 1.29 is 5.11 Å². The summed E-state index contributed by atoms with van der Waals surface area (Å²) in [5.74, 6) is 0.569. The van der Waals surface area contributed by atoms with Gasteiger partial charge < -0.3 is 5.11 Å². The fraction of sp³-hybridized carbons (Fsp3) is 0.333. The van der Waals surface area contributed by atoms with E-state index in [9.17, 15) is 5.11 Å². The lowest BCUT2D eigenvalue weighted by Crippen LogP contribution is -2.02. The van der Waals surface area contributed by atoms with Gasteiger partial charge in [-0.05, 0) is 41.4 Å². The predicted octanol–water partition coefficient (Wildman–Crippen LogP) is 5.00. The van der Waals surface area contributed by atoms with Gasteiger partial charge in [-0.25, -0.2) is 0 Å². The first-order valence-corrected chi connectivity index (χ1v) is 8.30. The molecule has 0 amide bonds. The molecule has 0 aliphatic heterocycles. The zero-order chi connectivity index (χ0) is 14.5. The van der Waals surface area contributed by atoms with Crippen LogP contribution >= 0.6 is 11.8 Å². The summed E-state index contributed by atoms with van der Waals surface area (Å²) in [4.78, 5) is 1.13. The molecule has 2 heteroatoms. The Balaban J connectivity index is 2.27. The van der Waals surface area contributed by atoms with E-state index in [2.05, 4.69) is 32.0 Å². The van der Waals surface area contributed by atoms with Crippen LogP contribution in [-0.2, 0) is 0 Å². The summed E-state index contributed by atoms with van der Waals surface area (Å²) in [5, 5.41) is 10.6. The molecular formula is C18H22OS. The van der Waals surface area contributed by atoms with Gasteiger partial charge in [-0.1, -0.05) is 56.3 Å². The predicted molar refractivity (Wildman–Crippen MR) is 87.4 cm³/mol. The molecule has 0 heterocycles. The molecule has 0 aliphatic carbocycles. The molecule has 1 nitrogen and oxygen atoms in total. The van der Waals surface area contributed by atoms with Gasteiger partial charge in [0.25, 0.3) is 0 Å². The Morgan fingerprint density at radius 1 is 1.00 bits per heavy atom. The molecule has 2 rings (SSSR count). The zero-order valence-corrected chi connectivity index (χ0v) is 13.2. The van der Waals surface area contributed by atoms with E-state index in [4.69, 9.17) is 0 Å². The van der Waals surface area contributed by atoms with Crippen molar-refractivity contribution in [3.63, 3.8) is 0 Å². The van der Waals surface area contributed by atoms with Crippen LogP contribution in [0.5, 0.6) is 0 Å². The monoisotopic (exact) mass is 286 g/mol. The fourth-order valence-corrected chi connectivity index (χ4v) is 2.94. The highest BCUT2D eigenvalue weighted by Crippen LogP contribution is 2.30. The molecule has 106 valence electrons. The van der Waals surface area contributed by atoms with Crippen molar-refractivity contribution in [2.75, 3.05) is 6.26 Å². The van der Waals surface area contributed by atoms with Crippen molar-refractivity contribution in [1.29, 1.82) is 0 Å². The van der Waals surface area contributed by atoms with Crippen molar-refractivity contribution in [3.8, 4) is 0 Å². The Bertz CT molecular complexity index is 548. The fourth-order valence-electron chi connectivity index (χ4n) is 2.31. The molecule has 0 aromatic heterocycles. The summed E-state index contributed by atoms with van der Waals surface area (Å²) in [6.45, 7) is 4.43. The summed E-state index contributed by atoms with van der Waals surface area (Å²) in [5.41, 5.74) is 3.27. The van der Waals surface area contributed by atoms with Gasteiger partial charge >= 0.3 is 0 Å². The van der Waals surface area contributed by atoms with Crippen molar-refractivity contribution in [3.05, 3.63) is 65.2 Å². The summed E-state index contributed by atoms with van der Waals surface area (Å²) in [6.07, 6.45) is 2.62. The number of aliphatic hydroxyl groups excluding tert-OH is 1. The minimum Gasteiger partial charge on any atom is -0.384 e. The summed E-state index contributed by atoms with van der Waals surface area (Å²) in [7, 11) is 0. The third-order valence-electron chi connectivity index (χ3n) is 3.87. The number of hydrogen-bond acceptors (Lipinski definition) is 2. The van der Waals surface area contributed by atoms with Crippen molar-refractivity contribution in [2.45, 2.75) is 37.2 Å². The molecule has 0 radical (unpaired) electrons. The van der Waals surface area contributed by atoms with Crippen LogP contribution in [0.25, 0.3) is 0 Å². The van der Waals surface area contributed by atoms with Crippen LogP contribution in [0.3, 0.4) is 0 Å². The standard InChI is InChI=1S/C18H22OS/c1-4-13(2)14-9-11-15(12-10-14)18(19)16-7-5-6-8-17(16)20-3/h5-13,18-19H,4H2,1-3H3. The van der Waals surface area contributed by atoms with Gasteiger partial charge in [0.1, 0.15) is 6.10 Å². The van der Waals surface area contributed by atoms with Crippen LogP contribution in [-0.4, -0.2) is 11.4 Å². The third-order valence-corrected chi connectivity index (χ3v) is 4.68. The van der Waals surface area contributed by atoms with Crippen LogP contribution in [0.1, 0.15) is 49.0 Å². The van der Waals surface area contributed by atoms with Gasteiger partial charge in [-0.2, -0.15) is 0 Å². The topological polar surface area (TPSA) is 20.2 Å². The van der Waals surface area contributed by atoms with Gasteiger partial charge in [0.2, 0.25) is 0 Å². The van der Waals surface area contributed by atoms with Gasteiger partial charge in [0, 0.05) is 4.90 Å². The molecule has 0 saturated carbocycles. The second-order valence-electron chi connectivity index (χ2n) is 5.12. The summed E-state index contributed by atoms with van der Waals surface area (Å²) < 4.78 is 0. The maximum atomic E-state index is 10.6. The molecule has 2 aromatic carbocycles. The first-order chi connectivity index (χ1) is 9.67. The zero-order valence-electron chi connectivity index (χ0n) is 12.3. The van der Waals surface area contributed by atoms with E-state index in [0.29, 0.717) is 5.92 Å². The highest BCUT2D eigenvalue weighted by molar-refractivity contribution is 7.98. The van der Waals surface area contributed by atoms with Crippen LogP contribution in [0.4, 0.5) is 0 Å². The molecule has 2 atom stereocenters. The van der Waals surface area contributed by atoms with E-state index in [1.165, 1.54) is 5.56 Å². The Labute approximate surface area is 126 Å². The third kappa shape index (κ3) is 3.25. The average Bonchev–Trinajstić information content (AvgIpc) is 2.53. The smallest absolute Gasteiger partial charge is 0.105 e. The van der Waals surface area contributed by atoms with Crippen molar-refractivity contribution >= 4 is 11.8 Å². The second kappa shape index (κ2) is 6.96. The first kappa shape index (κ1) is 15.1. The van der Waals surface area contributed by atoms with Gasteiger partial charge in [0.05, 0.1) is 0 Å². The molecular weight excluding hydrogens is 264 g/mol. The van der Waals surface area contributed by atoms with Crippen LogP contribution < -0.4 is 0 Å². The lowest BCUT2D eigenvalue weighted by molar-refractivity contribution is 0.217. The molecule has 2 unspecified atom stereocenters. The minimum absolute atomic E-state index is 0.551. The molecule has 20 heavy (non-hydrogen) atoms. The highest BCUT2D eigenvalue weighted by atomic mass is 32.2. The lowest BCUT2D eigenvalue weighted by atomic mass is 9.95. The van der Waals surface area contributed by atoms with E-state index < -0.39 is 6.10 Å². The number of benzene rings is 2. The Morgan fingerprint density at radius 3 is 2.20 bits per heavy atom. The minimum atomic E-state index is -0.551. The van der Waals surface area contributed by atoms with Crippen LogP contribution in [0, 0.1) is 0 Å². The van der Waals surface area contributed by atoms with E-state index >= 15 is 0 Å². The maximum Gasteiger partial charge on any atom is 0.105 e. The van der Waals surface area contributed by atoms with E-state index in [1.807, 2.05) is 36.6 Å². The number of aliphatic hydroxyl groups is 1. The van der Waals surface area contributed by atoms with Crippen molar-refractivity contribution in [2.24, 2.45) is 0 Å². The Morgan fingerprint density at radius 2 is 1.60 bits per heavy atom. The second-order valence-corrected chi connectivity index (χ2v) is 5.97. The molecule has 0 fully saturated rings. The van der Waals surface area contributed by atoms with Crippen LogP contribution in [0.2, 0.25) is 0 Å². The molecule has 0 bridgehead atoms. The molecule has 2 aromatic rings. The Kier molecular flexibility index (Phi) is 5.27. The highest BCUT2D eigenvalue weighted by Gasteiger charge is 2.14. The number of thioether (sulfide) groups is 1. The first-order valence-electron chi connectivity index (χ1n) is 7.08. The number of hydrogen-bond donors (Lipinski definition) is 1. The summed E-state index contributed by atoms with van der Waals surface area (Å²) in [6, 6.07) is 16.4. The van der Waals surface area contributed by atoms with Gasteiger partial charge in [-0.15, -0.1) is 11.8 Å². The van der Waals surface area contributed by atoms with E-state index in [1.54, 1.807) is 11.8 Å². The Hall–Kier alpha value is -1.25. The SMILES string of the molecule is CCC(C)c1ccc(C(O)c2ccccc2SC)cc1. The average molecular weight is 286 g/mol. The van der Waals surface area contributed by atoms with E-state index in [0.717, 1.165) is 22.4 Å². The summed E-state index contributed by atoms with van der Waals surface area (Å²) >= 11 is 1.67. The lowest BCUT2D eigenvalue weighted by Gasteiger charge is -2.16. The molecule has 1 N–H and O–H groups in total. The van der Waals surface area contributed by atoms with Crippen LogP contribution in [0.15, 0.2) is 53.4 Å². The van der Waals surface area contributed by atoms with Gasteiger partial charge in [-0.3, -0.25) is 0 Å². The maximum absolute atomic E-state index is 10.6. The molecule has 0 saturated heterocycles. The molecule has 0 aliphatic rings. The quantitative estimate of drug-likeness (QED) is 0.780. The molecule has 0 spiro atoms. The number of rotatable bonds is 5.